The Balaban J connectivity index is 2.21. The molecule has 2 atom stereocenters. The quantitative estimate of drug-likeness (QED) is 0.592. The fourth-order valence-corrected chi connectivity index (χ4v) is 2.34. The fraction of sp³-hybridized carbons (Fsp3) is 0.467. The maximum atomic E-state index is 2.44. The van der Waals surface area contributed by atoms with E-state index < -0.39 is 0 Å². The van der Waals surface area contributed by atoms with Crippen LogP contribution >= 0.6 is 0 Å². The van der Waals surface area contributed by atoms with Crippen LogP contribution in [0, 0.1) is 17.8 Å². The molecule has 2 unspecified atom stereocenters. The highest BCUT2D eigenvalue weighted by atomic mass is 14.2. The predicted octanol–water partition coefficient (Wildman–Crippen LogP) is 4.28. The van der Waals surface area contributed by atoms with Crippen LogP contribution in [0.4, 0.5) is 0 Å². The van der Waals surface area contributed by atoms with Gasteiger partial charge in [0.15, 0.2) is 0 Å². The van der Waals surface area contributed by atoms with Gasteiger partial charge in [0.1, 0.15) is 0 Å². The first-order valence-corrected chi connectivity index (χ1v) is 5.90. The van der Waals surface area contributed by atoms with Gasteiger partial charge in [-0.2, -0.15) is 0 Å². The van der Waals surface area contributed by atoms with Crippen LogP contribution in [-0.4, -0.2) is 0 Å². The molecule has 0 fully saturated rings. The largest absolute Gasteiger partial charge is 0.0799 e. The molecule has 2 aliphatic carbocycles. The third-order valence-corrected chi connectivity index (χ3v) is 3.35. The van der Waals surface area contributed by atoms with E-state index >= 15 is 0 Å². The van der Waals surface area contributed by atoms with Gasteiger partial charge in [-0.1, -0.05) is 55.9 Å². The normalized spacial score (nSPS) is 29.6. The molecule has 0 spiro atoms. The molecule has 15 heavy (non-hydrogen) atoms. The summed E-state index contributed by atoms with van der Waals surface area (Å²) in [6.07, 6.45) is 15.2. The van der Waals surface area contributed by atoms with Crippen LogP contribution < -0.4 is 0 Å². The minimum Gasteiger partial charge on any atom is -0.0799 e. The molecule has 0 saturated carbocycles. The average Bonchev–Trinajstić information content (AvgIpc) is 2.37. The Kier molecular flexibility index (Phi) is 2.95. The molecular weight excluding hydrogens is 180 g/mol. The third kappa shape index (κ3) is 2.31. The smallest absolute Gasteiger partial charge is 0.00216 e. The lowest BCUT2D eigenvalue weighted by Gasteiger charge is -2.24. The van der Waals surface area contributed by atoms with Crippen molar-refractivity contribution < 1.29 is 0 Å². The van der Waals surface area contributed by atoms with Crippen molar-refractivity contribution in [2.75, 3.05) is 0 Å². The van der Waals surface area contributed by atoms with Crippen molar-refractivity contribution in [2.45, 2.75) is 27.2 Å². The molecule has 0 aromatic carbocycles. The summed E-state index contributed by atoms with van der Waals surface area (Å²) in [5.41, 5.74) is 2.98. The van der Waals surface area contributed by atoms with Gasteiger partial charge in [0.25, 0.3) is 0 Å². The zero-order chi connectivity index (χ0) is 10.8. The summed E-state index contributed by atoms with van der Waals surface area (Å²) in [5.74, 6) is 1.94. The second kappa shape index (κ2) is 4.22. The van der Waals surface area contributed by atoms with Gasteiger partial charge < -0.3 is 0 Å². The summed E-state index contributed by atoms with van der Waals surface area (Å²) in [6.45, 7) is 6.75. The van der Waals surface area contributed by atoms with Crippen molar-refractivity contribution in [2.24, 2.45) is 17.8 Å². The summed E-state index contributed by atoms with van der Waals surface area (Å²) >= 11 is 0. The third-order valence-electron chi connectivity index (χ3n) is 3.35. The molecule has 0 aliphatic heterocycles. The number of allylic oxidation sites excluding steroid dienone is 8. The summed E-state index contributed by atoms with van der Waals surface area (Å²) in [7, 11) is 0. The van der Waals surface area contributed by atoms with E-state index in [1.54, 1.807) is 0 Å². The molecule has 0 amide bonds. The molecule has 0 aromatic rings. The number of hydrogen-bond donors (Lipinski definition) is 0. The van der Waals surface area contributed by atoms with E-state index in [9.17, 15) is 0 Å². The second-order valence-electron chi connectivity index (χ2n) is 5.02. The minimum absolute atomic E-state index is 0.612. The van der Waals surface area contributed by atoms with Crippen LogP contribution in [-0.2, 0) is 0 Å². The lowest BCUT2D eigenvalue weighted by atomic mass is 9.81. The number of rotatable bonds is 1. The first-order valence-electron chi connectivity index (χ1n) is 5.90. The molecular formula is C15H20. The molecule has 80 valence electrons. The molecule has 0 saturated heterocycles. The van der Waals surface area contributed by atoms with E-state index in [1.807, 2.05) is 0 Å². The van der Waals surface area contributed by atoms with Gasteiger partial charge >= 0.3 is 0 Å². The van der Waals surface area contributed by atoms with Crippen molar-refractivity contribution in [3.05, 3.63) is 47.6 Å². The van der Waals surface area contributed by atoms with Crippen LogP contribution in [0.25, 0.3) is 0 Å². The zero-order valence-corrected chi connectivity index (χ0v) is 9.90. The molecule has 0 aromatic heterocycles. The molecule has 0 heterocycles. The lowest BCUT2D eigenvalue weighted by Crippen LogP contribution is -2.13. The highest BCUT2D eigenvalue weighted by Crippen LogP contribution is 2.33. The standard InChI is InChI=1S/C15H20/c1-11(2)13-7-8-15-9-12(3)5-4-6-14(15)10-13/h4-8,10-11,14-15H,9H2,1-3H3. The van der Waals surface area contributed by atoms with Crippen molar-refractivity contribution in [3.8, 4) is 0 Å². The van der Waals surface area contributed by atoms with Crippen LogP contribution in [0.2, 0.25) is 0 Å². The Morgan fingerprint density at radius 2 is 2.07 bits per heavy atom. The van der Waals surface area contributed by atoms with Crippen LogP contribution in [0.3, 0.4) is 0 Å². The Morgan fingerprint density at radius 3 is 2.80 bits per heavy atom. The summed E-state index contributed by atoms with van der Waals surface area (Å²) in [6, 6.07) is 0. The predicted molar refractivity (Wildman–Crippen MR) is 66.6 cm³/mol. The van der Waals surface area contributed by atoms with Gasteiger partial charge in [-0.3, -0.25) is 0 Å². The highest BCUT2D eigenvalue weighted by molar-refractivity contribution is 5.32. The van der Waals surface area contributed by atoms with E-state index in [4.69, 9.17) is 0 Å². The van der Waals surface area contributed by atoms with Gasteiger partial charge in [-0.15, -0.1) is 0 Å². The van der Waals surface area contributed by atoms with E-state index in [-0.39, 0.29) is 0 Å². The maximum absolute atomic E-state index is 2.44. The molecule has 0 N–H and O–H groups in total. The Labute approximate surface area is 93.1 Å². The monoisotopic (exact) mass is 200 g/mol. The van der Waals surface area contributed by atoms with E-state index in [1.165, 1.54) is 17.6 Å². The fourth-order valence-electron chi connectivity index (χ4n) is 2.34. The zero-order valence-electron chi connectivity index (χ0n) is 9.90. The Hall–Kier alpha value is -1.04. The van der Waals surface area contributed by atoms with E-state index in [2.05, 4.69) is 57.2 Å². The van der Waals surface area contributed by atoms with Crippen molar-refractivity contribution in [1.29, 1.82) is 0 Å². The van der Waals surface area contributed by atoms with E-state index in [0.29, 0.717) is 17.8 Å². The molecule has 2 rings (SSSR count). The van der Waals surface area contributed by atoms with E-state index in [0.717, 1.165) is 0 Å². The molecule has 2 aliphatic rings. The minimum atomic E-state index is 0.612. The molecule has 0 heteroatoms. The van der Waals surface area contributed by atoms with Crippen LogP contribution in [0.1, 0.15) is 27.2 Å². The molecule has 0 radical (unpaired) electrons. The average molecular weight is 200 g/mol. The van der Waals surface area contributed by atoms with Gasteiger partial charge in [-0.25, -0.2) is 0 Å². The number of fused-ring (bicyclic) bond motifs is 1. The summed E-state index contributed by atoms with van der Waals surface area (Å²) in [4.78, 5) is 0. The van der Waals surface area contributed by atoms with Gasteiger partial charge in [0, 0.05) is 5.92 Å². The van der Waals surface area contributed by atoms with Crippen LogP contribution in [0.15, 0.2) is 47.6 Å². The first-order chi connectivity index (χ1) is 7.16. The highest BCUT2D eigenvalue weighted by Gasteiger charge is 2.20. The summed E-state index contributed by atoms with van der Waals surface area (Å²) in [5, 5.41) is 0. The summed E-state index contributed by atoms with van der Waals surface area (Å²) < 4.78 is 0. The topological polar surface area (TPSA) is 0 Å². The molecule has 0 bridgehead atoms. The van der Waals surface area contributed by atoms with Gasteiger partial charge in [-0.05, 0) is 30.8 Å². The second-order valence-corrected chi connectivity index (χ2v) is 5.02. The van der Waals surface area contributed by atoms with Crippen LogP contribution in [0.5, 0.6) is 0 Å². The van der Waals surface area contributed by atoms with Gasteiger partial charge in [0.05, 0.1) is 0 Å². The maximum Gasteiger partial charge on any atom is 0.00216 e. The Morgan fingerprint density at radius 1 is 1.27 bits per heavy atom. The Bertz CT molecular complexity index is 350. The lowest BCUT2D eigenvalue weighted by molar-refractivity contribution is 0.538. The van der Waals surface area contributed by atoms with Crippen molar-refractivity contribution in [3.63, 3.8) is 0 Å². The van der Waals surface area contributed by atoms with Crippen molar-refractivity contribution in [1.82, 2.24) is 0 Å². The molecule has 0 nitrogen and oxygen atoms in total. The first kappa shape index (κ1) is 10.5. The van der Waals surface area contributed by atoms with Crippen molar-refractivity contribution >= 4 is 0 Å². The number of hydrogen-bond acceptors (Lipinski definition) is 0. The van der Waals surface area contributed by atoms with Gasteiger partial charge in [0.2, 0.25) is 0 Å². The SMILES string of the molecule is CC1=CC=CC2C=C(C(C)C)C=CC2C1.